The van der Waals surface area contributed by atoms with Gasteiger partial charge in [-0.05, 0) is 37.7 Å². The van der Waals surface area contributed by atoms with E-state index in [2.05, 4.69) is 4.72 Å². The Bertz CT molecular complexity index is 561. The molecule has 92 valence electrons. The van der Waals surface area contributed by atoms with E-state index in [-0.39, 0.29) is 10.5 Å². The molecule has 0 saturated heterocycles. The lowest BCUT2D eigenvalue weighted by atomic mass is 10.1. The van der Waals surface area contributed by atoms with Crippen LogP contribution in [0, 0.1) is 0 Å². The van der Waals surface area contributed by atoms with Crippen molar-refractivity contribution in [3.05, 3.63) is 35.4 Å². The van der Waals surface area contributed by atoms with Crippen molar-refractivity contribution in [2.45, 2.75) is 11.8 Å². The summed E-state index contributed by atoms with van der Waals surface area (Å²) in [6.45, 7) is 1.45. The smallest absolute Gasteiger partial charge is 0.331 e. The normalized spacial score (nSPS) is 12.5. The first-order valence-corrected chi connectivity index (χ1v) is 6.30. The summed E-state index contributed by atoms with van der Waals surface area (Å²) < 4.78 is 25.2. The quantitative estimate of drug-likeness (QED) is 0.789. The average molecular weight is 255 g/mol. The minimum Gasteiger partial charge on any atom is -0.478 e. The van der Waals surface area contributed by atoms with Crippen LogP contribution in [0.2, 0.25) is 0 Å². The fourth-order valence-electron chi connectivity index (χ4n) is 1.20. The maximum absolute atomic E-state index is 11.5. The van der Waals surface area contributed by atoms with Crippen LogP contribution in [0.1, 0.15) is 12.5 Å². The number of nitrogens with one attached hydrogen (secondary N) is 1. The van der Waals surface area contributed by atoms with E-state index in [1.807, 2.05) is 0 Å². The van der Waals surface area contributed by atoms with E-state index in [1.165, 1.54) is 32.2 Å². The molecule has 0 fully saturated rings. The highest BCUT2D eigenvalue weighted by molar-refractivity contribution is 7.89. The molecule has 0 saturated carbocycles. The van der Waals surface area contributed by atoms with Gasteiger partial charge in [0.05, 0.1) is 4.90 Å². The molecule has 0 bridgehead atoms. The molecule has 2 N–H and O–H groups in total. The minimum absolute atomic E-state index is 0.104. The molecule has 0 aromatic heterocycles. The topological polar surface area (TPSA) is 83.5 Å². The third kappa shape index (κ3) is 3.40. The van der Waals surface area contributed by atoms with Crippen molar-refractivity contribution < 1.29 is 18.3 Å². The molecule has 1 rings (SSSR count). The van der Waals surface area contributed by atoms with Crippen LogP contribution < -0.4 is 4.72 Å². The zero-order valence-electron chi connectivity index (χ0n) is 9.47. The molecule has 0 heterocycles. The number of rotatable bonds is 4. The third-order valence-corrected chi connectivity index (χ3v) is 3.57. The van der Waals surface area contributed by atoms with Crippen LogP contribution in [0.25, 0.3) is 6.08 Å². The minimum atomic E-state index is -3.50. The van der Waals surface area contributed by atoms with Gasteiger partial charge < -0.3 is 5.11 Å². The molecule has 0 aliphatic rings. The van der Waals surface area contributed by atoms with Crippen LogP contribution in [0.5, 0.6) is 0 Å². The Labute approximate surface area is 99.8 Å². The summed E-state index contributed by atoms with van der Waals surface area (Å²) in [5, 5.41) is 8.72. The third-order valence-electron chi connectivity index (χ3n) is 2.16. The van der Waals surface area contributed by atoms with Gasteiger partial charge in [-0.3, -0.25) is 0 Å². The van der Waals surface area contributed by atoms with E-state index in [9.17, 15) is 13.2 Å². The second-order valence-corrected chi connectivity index (χ2v) is 5.30. The van der Waals surface area contributed by atoms with Gasteiger partial charge in [0.1, 0.15) is 0 Å². The van der Waals surface area contributed by atoms with Crippen molar-refractivity contribution in [3.8, 4) is 0 Å². The predicted octanol–water partition coefficient (Wildman–Crippen LogP) is 1.08. The van der Waals surface area contributed by atoms with E-state index >= 15 is 0 Å². The monoisotopic (exact) mass is 255 g/mol. The van der Waals surface area contributed by atoms with Gasteiger partial charge in [0.25, 0.3) is 0 Å². The van der Waals surface area contributed by atoms with E-state index < -0.39 is 16.0 Å². The first kappa shape index (κ1) is 13.4. The first-order chi connectivity index (χ1) is 7.86. The Morgan fingerprint density at radius 1 is 1.41 bits per heavy atom. The van der Waals surface area contributed by atoms with E-state index in [0.29, 0.717) is 5.56 Å². The number of benzene rings is 1. The Hall–Kier alpha value is -1.66. The molecular formula is C11H13NO4S. The SMILES string of the molecule is CNS(=O)(=O)c1cccc(/C=C(\C)C(=O)O)c1. The van der Waals surface area contributed by atoms with Crippen LogP contribution in [0.4, 0.5) is 0 Å². The van der Waals surface area contributed by atoms with Crippen LogP contribution in [-0.4, -0.2) is 26.5 Å². The fraction of sp³-hybridized carbons (Fsp3) is 0.182. The van der Waals surface area contributed by atoms with Crippen molar-refractivity contribution >= 4 is 22.1 Å². The van der Waals surface area contributed by atoms with E-state index in [0.717, 1.165) is 0 Å². The van der Waals surface area contributed by atoms with Crippen LogP contribution in [0.15, 0.2) is 34.7 Å². The zero-order valence-corrected chi connectivity index (χ0v) is 10.3. The molecule has 1 aromatic carbocycles. The number of carbonyl (C=O) groups is 1. The first-order valence-electron chi connectivity index (χ1n) is 4.82. The van der Waals surface area contributed by atoms with Crippen LogP contribution in [-0.2, 0) is 14.8 Å². The maximum atomic E-state index is 11.5. The summed E-state index contributed by atoms with van der Waals surface area (Å²) in [5.74, 6) is -1.04. The Balaban J connectivity index is 3.20. The number of carboxylic acids is 1. The lowest BCUT2D eigenvalue weighted by Gasteiger charge is -2.03. The number of carboxylic acid groups (broad SMARTS) is 1. The van der Waals surface area contributed by atoms with Gasteiger partial charge in [-0.2, -0.15) is 0 Å². The fourth-order valence-corrected chi connectivity index (χ4v) is 1.99. The summed E-state index contributed by atoms with van der Waals surface area (Å²) in [5.41, 5.74) is 0.672. The molecule has 6 heteroatoms. The van der Waals surface area contributed by atoms with Gasteiger partial charge in [-0.15, -0.1) is 0 Å². The van der Waals surface area contributed by atoms with Gasteiger partial charge in [-0.1, -0.05) is 12.1 Å². The molecule has 1 aromatic rings. The Morgan fingerprint density at radius 3 is 2.59 bits per heavy atom. The molecule has 17 heavy (non-hydrogen) atoms. The maximum Gasteiger partial charge on any atom is 0.331 e. The molecule has 0 aliphatic heterocycles. The van der Waals surface area contributed by atoms with Crippen molar-refractivity contribution in [3.63, 3.8) is 0 Å². The largest absolute Gasteiger partial charge is 0.478 e. The van der Waals surface area contributed by atoms with Gasteiger partial charge in [0.2, 0.25) is 10.0 Å². The van der Waals surface area contributed by atoms with Crippen molar-refractivity contribution in [2.75, 3.05) is 7.05 Å². The van der Waals surface area contributed by atoms with Crippen LogP contribution in [0.3, 0.4) is 0 Å². The van der Waals surface area contributed by atoms with Gasteiger partial charge >= 0.3 is 5.97 Å². The second-order valence-electron chi connectivity index (χ2n) is 3.41. The molecular weight excluding hydrogens is 242 g/mol. The second kappa shape index (κ2) is 5.11. The summed E-state index contributed by atoms with van der Waals surface area (Å²) in [7, 11) is -2.18. The van der Waals surface area contributed by atoms with Gasteiger partial charge in [0.15, 0.2) is 0 Å². The number of aliphatic carboxylic acids is 1. The number of sulfonamides is 1. The molecule has 0 radical (unpaired) electrons. The summed E-state index contributed by atoms with van der Waals surface area (Å²) >= 11 is 0. The molecule has 0 aliphatic carbocycles. The standard InChI is InChI=1S/C11H13NO4S/c1-8(11(13)14)6-9-4-3-5-10(7-9)17(15,16)12-2/h3-7,12H,1-2H3,(H,13,14)/b8-6+. The number of hydrogen-bond donors (Lipinski definition) is 2. The zero-order chi connectivity index (χ0) is 13.1. The van der Waals surface area contributed by atoms with Crippen molar-refractivity contribution in [1.29, 1.82) is 0 Å². The summed E-state index contributed by atoms with van der Waals surface area (Å²) in [6, 6.07) is 6.06. The molecule has 0 amide bonds. The highest BCUT2D eigenvalue weighted by Gasteiger charge is 2.11. The molecule has 0 spiro atoms. The number of hydrogen-bond acceptors (Lipinski definition) is 3. The van der Waals surface area contributed by atoms with E-state index in [4.69, 9.17) is 5.11 Å². The van der Waals surface area contributed by atoms with Gasteiger partial charge in [-0.25, -0.2) is 17.9 Å². The van der Waals surface area contributed by atoms with E-state index in [1.54, 1.807) is 12.1 Å². The average Bonchev–Trinajstić information content (AvgIpc) is 2.29. The Kier molecular flexibility index (Phi) is 4.03. The summed E-state index contributed by atoms with van der Waals surface area (Å²) in [4.78, 5) is 10.7. The Morgan fingerprint density at radius 2 is 2.06 bits per heavy atom. The highest BCUT2D eigenvalue weighted by Crippen LogP contribution is 2.13. The molecule has 0 unspecified atom stereocenters. The molecule has 5 nitrogen and oxygen atoms in total. The predicted molar refractivity (Wildman–Crippen MR) is 64.0 cm³/mol. The highest BCUT2D eigenvalue weighted by atomic mass is 32.2. The van der Waals surface area contributed by atoms with Crippen molar-refractivity contribution in [1.82, 2.24) is 4.72 Å². The van der Waals surface area contributed by atoms with Crippen molar-refractivity contribution in [2.24, 2.45) is 0 Å². The van der Waals surface area contributed by atoms with Gasteiger partial charge in [0, 0.05) is 5.57 Å². The lowest BCUT2D eigenvalue weighted by molar-refractivity contribution is -0.132. The lowest BCUT2D eigenvalue weighted by Crippen LogP contribution is -2.18. The summed E-state index contributed by atoms with van der Waals surface area (Å²) in [6.07, 6.45) is 1.41. The molecule has 0 atom stereocenters. The van der Waals surface area contributed by atoms with Crippen LogP contribution >= 0.6 is 0 Å².